The molecule has 1 saturated heterocycles. The molecule has 0 spiro atoms. The number of thiol groups is 1. The molecule has 12 heavy (non-hydrogen) atoms. The fourth-order valence-electron chi connectivity index (χ4n) is 1.42. The number of rotatable bonds is 1. The van der Waals surface area contributed by atoms with E-state index in [1.165, 1.54) is 12.8 Å². The topological polar surface area (TPSA) is 27.1 Å². The zero-order valence-electron chi connectivity index (χ0n) is 6.81. The summed E-state index contributed by atoms with van der Waals surface area (Å²) in [6, 6.07) is 1.88. The first-order valence-electron chi connectivity index (χ1n) is 4.22. The Morgan fingerprint density at radius 3 is 3.08 bits per heavy atom. The molecule has 0 aromatic carbocycles. The maximum atomic E-state index is 5.54. The molecule has 1 atom stereocenters. The lowest BCUT2D eigenvalue weighted by Gasteiger charge is -2.22. The molecule has 0 aliphatic carbocycles. The normalized spacial score (nSPS) is 24.2. The van der Waals surface area contributed by atoms with Crippen LogP contribution in [0.3, 0.4) is 0 Å². The molecule has 1 fully saturated rings. The van der Waals surface area contributed by atoms with Crippen LogP contribution >= 0.6 is 12.6 Å². The van der Waals surface area contributed by atoms with Gasteiger partial charge in [0.1, 0.15) is 11.3 Å². The molecule has 2 rings (SSSR count). The SMILES string of the molecule is Sc1ccn(C2CCCCO2)n1. The maximum Gasteiger partial charge on any atom is 0.150 e. The average Bonchev–Trinajstić information content (AvgIpc) is 2.54. The summed E-state index contributed by atoms with van der Waals surface area (Å²) in [6.45, 7) is 0.854. The smallest absolute Gasteiger partial charge is 0.150 e. The third kappa shape index (κ3) is 1.64. The molecule has 1 aliphatic rings. The summed E-state index contributed by atoms with van der Waals surface area (Å²) >= 11 is 4.14. The molecule has 2 heterocycles. The second kappa shape index (κ2) is 3.49. The molecule has 3 nitrogen and oxygen atoms in total. The molecular formula is C8H12N2OS. The fraction of sp³-hybridized carbons (Fsp3) is 0.625. The van der Waals surface area contributed by atoms with E-state index in [2.05, 4.69) is 17.7 Å². The lowest BCUT2D eigenvalue weighted by Crippen LogP contribution is -2.18. The number of nitrogens with zero attached hydrogens (tertiary/aromatic N) is 2. The monoisotopic (exact) mass is 184 g/mol. The molecule has 66 valence electrons. The number of aromatic nitrogens is 2. The molecule has 0 saturated carbocycles. The van der Waals surface area contributed by atoms with Crippen LogP contribution in [0.5, 0.6) is 0 Å². The van der Waals surface area contributed by atoms with Crippen LogP contribution in [0, 0.1) is 0 Å². The highest BCUT2D eigenvalue weighted by atomic mass is 32.1. The minimum Gasteiger partial charge on any atom is -0.357 e. The van der Waals surface area contributed by atoms with Crippen molar-refractivity contribution in [2.75, 3.05) is 6.61 Å². The fourth-order valence-corrected chi connectivity index (χ4v) is 1.59. The van der Waals surface area contributed by atoms with Crippen molar-refractivity contribution in [3.8, 4) is 0 Å². The van der Waals surface area contributed by atoms with Crippen LogP contribution in [-0.4, -0.2) is 16.4 Å². The largest absolute Gasteiger partial charge is 0.357 e. The molecule has 1 aliphatic heterocycles. The van der Waals surface area contributed by atoms with Crippen molar-refractivity contribution < 1.29 is 4.74 Å². The summed E-state index contributed by atoms with van der Waals surface area (Å²) in [4.78, 5) is 0. The highest BCUT2D eigenvalue weighted by Crippen LogP contribution is 2.21. The van der Waals surface area contributed by atoms with Crippen LogP contribution in [0.15, 0.2) is 17.3 Å². The minimum atomic E-state index is 0.139. The van der Waals surface area contributed by atoms with E-state index >= 15 is 0 Å². The summed E-state index contributed by atoms with van der Waals surface area (Å²) in [5.41, 5.74) is 0. The van der Waals surface area contributed by atoms with Crippen molar-refractivity contribution >= 4 is 12.6 Å². The maximum absolute atomic E-state index is 5.54. The first kappa shape index (κ1) is 8.13. The third-order valence-electron chi connectivity index (χ3n) is 2.04. The Bertz CT molecular complexity index is 255. The van der Waals surface area contributed by atoms with E-state index in [4.69, 9.17) is 4.74 Å². The van der Waals surface area contributed by atoms with Gasteiger partial charge in [0.25, 0.3) is 0 Å². The summed E-state index contributed by atoms with van der Waals surface area (Å²) in [6.07, 6.45) is 5.52. The molecular weight excluding hydrogens is 172 g/mol. The quantitative estimate of drug-likeness (QED) is 0.675. The van der Waals surface area contributed by atoms with E-state index in [-0.39, 0.29) is 6.23 Å². The van der Waals surface area contributed by atoms with Crippen LogP contribution in [0.4, 0.5) is 0 Å². The predicted molar refractivity (Wildman–Crippen MR) is 48.3 cm³/mol. The van der Waals surface area contributed by atoms with Gasteiger partial charge >= 0.3 is 0 Å². The zero-order chi connectivity index (χ0) is 8.39. The zero-order valence-corrected chi connectivity index (χ0v) is 7.70. The molecule has 0 N–H and O–H groups in total. The Labute approximate surface area is 77.1 Å². The molecule has 1 aromatic heterocycles. The van der Waals surface area contributed by atoms with Crippen LogP contribution in [0.25, 0.3) is 0 Å². The van der Waals surface area contributed by atoms with Gasteiger partial charge in [-0.2, -0.15) is 5.10 Å². The molecule has 0 radical (unpaired) electrons. The first-order chi connectivity index (χ1) is 5.86. The van der Waals surface area contributed by atoms with E-state index < -0.39 is 0 Å². The second-order valence-corrected chi connectivity index (χ2v) is 3.43. The molecule has 0 bridgehead atoms. The van der Waals surface area contributed by atoms with Gasteiger partial charge in [0, 0.05) is 12.8 Å². The molecule has 4 heteroatoms. The Hall–Kier alpha value is -0.480. The Morgan fingerprint density at radius 1 is 1.58 bits per heavy atom. The summed E-state index contributed by atoms with van der Waals surface area (Å²) in [5, 5.41) is 4.94. The van der Waals surface area contributed by atoms with Crippen molar-refractivity contribution in [2.24, 2.45) is 0 Å². The van der Waals surface area contributed by atoms with Gasteiger partial charge in [-0.15, -0.1) is 12.6 Å². The van der Waals surface area contributed by atoms with Gasteiger partial charge in [0.2, 0.25) is 0 Å². The van der Waals surface area contributed by atoms with E-state index in [0.29, 0.717) is 0 Å². The van der Waals surface area contributed by atoms with Crippen LogP contribution in [0.1, 0.15) is 25.5 Å². The standard InChI is InChI=1S/C8H12N2OS/c12-7-4-5-10(9-7)8-3-1-2-6-11-8/h4-5,8H,1-3,6H2,(H,9,12). The van der Waals surface area contributed by atoms with Gasteiger partial charge in [-0.1, -0.05) is 0 Å². The predicted octanol–water partition coefficient (Wildman–Crippen LogP) is 1.87. The van der Waals surface area contributed by atoms with Crippen molar-refractivity contribution in [1.82, 2.24) is 9.78 Å². The summed E-state index contributed by atoms with van der Waals surface area (Å²) in [7, 11) is 0. The van der Waals surface area contributed by atoms with Gasteiger partial charge in [-0.25, -0.2) is 4.68 Å². The van der Waals surface area contributed by atoms with Crippen LogP contribution in [0.2, 0.25) is 0 Å². The molecule has 1 unspecified atom stereocenters. The summed E-state index contributed by atoms with van der Waals surface area (Å²) in [5.74, 6) is 0. The Balaban J connectivity index is 2.08. The minimum absolute atomic E-state index is 0.139. The van der Waals surface area contributed by atoms with E-state index in [1.807, 2.05) is 16.9 Å². The van der Waals surface area contributed by atoms with E-state index in [1.54, 1.807) is 0 Å². The lowest BCUT2D eigenvalue weighted by molar-refractivity contribution is -0.0400. The van der Waals surface area contributed by atoms with Crippen molar-refractivity contribution in [1.29, 1.82) is 0 Å². The second-order valence-electron chi connectivity index (χ2n) is 2.98. The van der Waals surface area contributed by atoms with E-state index in [9.17, 15) is 0 Å². The van der Waals surface area contributed by atoms with Crippen LogP contribution < -0.4 is 0 Å². The van der Waals surface area contributed by atoms with E-state index in [0.717, 1.165) is 18.1 Å². The van der Waals surface area contributed by atoms with Crippen molar-refractivity contribution in [2.45, 2.75) is 30.5 Å². The number of ether oxygens (including phenoxy) is 1. The van der Waals surface area contributed by atoms with Gasteiger partial charge in [0.05, 0.1) is 0 Å². The Morgan fingerprint density at radius 2 is 2.50 bits per heavy atom. The summed E-state index contributed by atoms with van der Waals surface area (Å²) < 4.78 is 7.39. The lowest BCUT2D eigenvalue weighted by atomic mass is 10.2. The number of hydrogen-bond donors (Lipinski definition) is 1. The van der Waals surface area contributed by atoms with Gasteiger partial charge in [0.15, 0.2) is 0 Å². The highest BCUT2D eigenvalue weighted by Gasteiger charge is 2.15. The molecule has 0 amide bonds. The van der Waals surface area contributed by atoms with Gasteiger partial charge < -0.3 is 4.74 Å². The molecule has 1 aromatic rings. The Kier molecular flexibility index (Phi) is 2.37. The third-order valence-corrected chi connectivity index (χ3v) is 2.28. The van der Waals surface area contributed by atoms with Gasteiger partial charge in [-0.3, -0.25) is 0 Å². The van der Waals surface area contributed by atoms with Crippen LogP contribution in [-0.2, 0) is 4.74 Å². The first-order valence-corrected chi connectivity index (χ1v) is 4.67. The number of hydrogen-bond acceptors (Lipinski definition) is 3. The average molecular weight is 184 g/mol. The van der Waals surface area contributed by atoms with Crippen molar-refractivity contribution in [3.63, 3.8) is 0 Å². The highest BCUT2D eigenvalue weighted by molar-refractivity contribution is 7.80. The van der Waals surface area contributed by atoms with Gasteiger partial charge in [-0.05, 0) is 25.3 Å². The van der Waals surface area contributed by atoms with Crippen molar-refractivity contribution in [3.05, 3.63) is 12.3 Å².